The van der Waals surface area contributed by atoms with Crippen molar-refractivity contribution in [2.24, 2.45) is 0 Å². The summed E-state index contributed by atoms with van der Waals surface area (Å²) in [6.07, 6.45) is 0. The van der Waals surface area contributed by atoms with E-state index in [0.717, 1.165) is 19.9 Å². The Morgan fingerprint density at radius 2 is 1.68 bits per heavy atom. The molecule has 0 spiro atoms. The molecule has 0 aliphatic heterocycles. The van der Waals surface area contributed by atoms with Gasteiger partial charge >= 0.3 is 0 Å². The zero-order valence-electron chi connectivity index (χ0n) is 21.7. The van der Waals surface area contributed by atoms with Crippen LogP contribution in [0.4, 0.5) is 5.69 Å². The first-order chi connectivity index (χ1) is 17.9. The molecular formula is C28H31BrClN3O4S. The molecule has 0 bridgehead atoms. The molecule has 0 unspecified atom stereocenters. The predicted molar refractivity (Wildman–Crippen MR) is 155 cm³/mol. The third-order valence-corrected chi connectivity index (χ3v) is 8.83. The van der Waals surface area contributed by atoms with Crippen molar-refractivity contribution in [2.75, 3.05) is 17.4 Å². The molecule has 3 rings (SSSR count). The van der Waals surface area contributed by atoms with Crippen LogP contribution in [0.15, 0.2) is 76.1 Å². The number of likely N-dealkylation sites (N-methyl/N-ethyl adjacent to an activating group) is 1. The molecule has 2 amide bonds. The van der Waals surface area contributed by atoms with Crippen molar-refractivity contribution in [3.8, 4) is 0 Å². The van der Waals surface area contributed by atoms with E-state index in [0.29, 0.717) is 22.8 Å². The lowest BCUT2D eigenvalue weighted by molar-refractivity contribution is -0.139. The Morgan fingerprint density at radius 1 is 1.03 bits per heavy atom. The Kier molecular flexibility index (Phi) is 9.98. The van der Waals surface area contributed by atoms with Crippen molar-refractivity contribution in [1.29, 1.82) is 0 Å². The maximum absolute atomic E-state index is 13.9. The molecule has 0 heterocycles. The van der Waals surface area contributed by atoms with Crippen molar-refractivity contribution in [1.82, 2.24) is 10.2 Å². The van der Waals surface area contributed by atoms with E-state index in [-0.39, 0.29) is 17.3 Å². The number of carbonyl (C=O) groups is 2. The van der Waals surface area contributed by atoms with Gasteiger partial charge in [-0.05, 0) is 75.2 Å². The Morgan fingerprint density at radius 3 is 2.32 bits per heavy atom. The van der Waals surface area contributed by atoms with Gasteiger partial charge in [0, 0.05) is 22.6 Å². The number of carbonyl (C=O) groups excluding carboxylic acids is 2. The topological polar surface area (TPSA) is 86.8 Å². The van der Waals surface area contributed by atoms with Gasteiger partial charge in [-0.1, -0.05) is 63.4 Å². The largest absolute Gasteiger partial charge is 0.355 e. The van der Waals surface area contributed by atoms with E-state index < -0.39 is 28.5 Å². The number of sulfonamides is 1. The highest BCUT2D eigenvalue weighted by atomic mass is 79.9. The number of rotatable bonds is 10. The van der Waals surface area contributed by atoms with Gasteiger partial charge in [0.2, 0.25) is 11.8 Å². The van der Waals surface area contributed by atoms with Crippen molar-refractivity contribution in [3.63, 3.8) is 0 Å². The normalized spacial score (nSPS) is 12.1. The van der Waals surface area contributed by atoms with Crippen molar-refractivity contribution >= 4 is 55.1 Å². The van der Waals surface area contributed by atoms with Gasteiger partial charge in [-0.25, -0.2) is 8.42 Å². The first-order valence-electron chi connectivity index (χ1n) is 12.1. The van der Waals surface area contributed by atoms with Gasteiger partial charge in [0.1, 0.15) is 12.6 Å². The molecule has 0 aliphatic carbocycles. The molecule has 38 heavy (non-hydrogen) atoms. The highest BCUT2D eigenvalue weighted by molar-refractivity contribution is 9.10. The van der Waals surface area contributed by atoms with Crippen LogP contribution >= 0.6 is 27.5 Å². The average Bonchev–Trinajstić information content (AvgIpc) is 2.87. The van der Waals surface area contributed by atoms with Gasteiger partial charge in [-0.15, -0.1) is 0 Å². The van der Waals surface area contributed by atoms with Gasteiger partial charge < -0.3 is 10.2 Å². The van der Waals surface area contributed by atoms with Gasteiger partial charge in [0.25, 0.3) is 10.0 Å². The van der Waals surface area contributed by atoms with Crippen LogP contribution in [0.1, 0.15) is 30.5 Å². The summed E-state index contributed by atoms with van der Waals surface area (Å²) >= 11 is 9.79. The second-order valence-corrected chi connectivity index (χ2v) is 12.1. The van der Waals surface area contributed by atoms with Gasteiger partial charge in [0.15, 0.2) is 0 Å². The van der Waals surface area contributed by atoms with E-state index in [9.17, 15) is 18.0 Å². The fourth-order valence-electron chi connectivity index (χ4n) is 3.95. The Bertz CT molecular complexity index is 1410. The minimum atomic E-state index is -4.16. The van der Waals surface area contributed by atoms with Crippen LogP contribution < -0.4 is 9.62 Å². The molecule has 202 valence electrons. The van der Waals surface area contributed by atoms with Gasteiger partial charge in [0.05, 0.1) is 10.6 Å². The van der Waals surface area contributed by atoms with E-state index in [4.69, 9.17) is 11.6 Å². The minimum absolute atomic E-state index is 0.0468. The maximum Gasteiger partial charge on any atom is 0.264 e. The predicted octanol–water partition coefficient (Wildman–Crippen LogP) is 5.47. The zero-order valence-corrected chi connectivity index (χ0v) is 24.9. The molecule has 0 aliphatic rings. The summed E-state index contributed by atoms with van der Waals surface area (Å²) in [5.41, 5.74) is 2.50. The monoisotopic (exact) mass is 619 g/mol. The molecule has 7 nitrogen and oxygen atoms in total. The lowest BCUT2D eigenvalue weighted by atomic mass is 10.1. The number of hydrogen-bond acceptors (Lipinski definition) is 4. The highest BCUT2D eigenvalue weighted by Crippen LogP contribution is 2.31. The van der Waals surface area contributed by atoms with Crippen molar-refractivity contribution in [3.05, 3.63) is 92.9 Å². The summed E-state index contributed by atoms with van der Waals surface area (Å²) in [6.45, 7) is 6.99. The van der Waals surface area contributed by atoms with Crippen molar-refractivity contribution in [2.45, 2.75) is 45.2 Å². The zero-order chi connectivity index (χ0) is 28.0. The number of hydrogen-bond donors (Lipinski definition) is 1. The van der Waals surface area contributed by atoms with Crippen LogP contribution in [0, 0.1) is 13.8 Å². The standard InChI is InChI=1S/C28H31BrClN3O4S/c1-5-31-28(35)21(4)32(17-22-8-6-9-23(29)16-22)27(34)18-33(26-11-7-10-25(30)20(26)3)38(36,37)24-14-12-19(2)13-15-24/h6-16,21H,5,17-18H2,1-4H3,(H,31,35)/t21-/m0/s1. The molecule has 10 heteroatoms. The number of nitrogens with one attached hydrogen (secondary N) is 1. The average molecular weight is 621 g/mol. The second-order valence-electron chi connectivity index (χ2n) is 8.93. The summed E-state index contributed by atoms with van der Waals surface area (Å²) in [4.78, 5) is 28.1. The van der Waals surface area contributed by atoms with Crippen LogP contribution in [0.5, 0.6) is 0 Å². The fraction of sp³-hybridized carbons (Fsp3) is 0.286. The number of benzene rings is 3. The third-order valence-electron chi connectivity index (χ3n) is 6.16. The van der Waals surface area contributed by atoms with Gasteiger partial charge in [-0.3, -0.25) is 13.9 Å². The fourth-order valence-corrected chi connectivity index (χ4v) is 6.04. The second kappa shape index (κ2) is 12.8. The van der Waals surface area contributed by atoms with E-state index in [1.165, 1.54) is 17.0 Å². The lowest BCUT2D eigenvalue weighted by Gasteiger charge is -2.32. The SMILES string of the molecule is CCNC(=O)[C@H](C)N(Cc1cccc(Br)c1)C(=O)CN(c1cccc(Cl)c1C)S(=O)(=O)c1ccc(C)cc1. The quantitative estimate of drug-likeness (QED) is 0.326. The molecule has 0 fully saturated rings. The third kappa shape index (κ3) is 6.95. The molecule has 3 aromatic carbocycles. The summed E-state index contributed by atoms with van der Waals surface area (Å²) in [5.74, 6) is -0.860. The van der Waals surface area contributed by atoms with E-state index in [1.807, 2.05) is 31.2 Å². The van der Waals surface area contributed by atoms with E-state index in [1.54, 1.807) is 51.1 Å². The number of anilines is 1. The molecule has 0 aromatic heterocycles. The number of nitrogens with zero attached hydrogens (tertiary/aromatic N) is 2. The Hall–Kier alpha value is -2.88. The molecule has 0 radical (unpaired) electrons. The Balaban J connectivity index is 2.08. The molecule has 1 atom stereocenters. The van der Waals surface area contributed by atoms with Crippen molar-refractivity contribution < 1.29 is 18.0 Å². The minimum Gasteiger partial charge on any atom is -0.355 e. The van der Waals surface area contributed by atoms with Crippen LogP contribution in [0.3, 0.4) is 0 Å². The summed E-state index contributed by atoms with van der Waals surface area (Å²) in [5, 5.41) is 3.13. The van der Waals surface area contributed by atoms with Gasteiger partial charge in [-0.2, -0.15) is 0 Å². The Labute approximate surface area is 238 Å². The molecular weight excluding hydrogens is 590 g/mol. The summed E-state index contributed by atoms with van der Waals surface area (Å²) < 4.78 is 29.7. The smallest absolute Gasteiger partial charge is 0.264 e. The first kappa shape index (κ1) is 29.7. The van der Waals surface area contributed by atoms with Crippen LogP contribution in [0.2, 0.25) is 5.02 Å². The first-order valence-corrected chi connectivity index (χ1v) is 14.7. The van der Waals surface area contributed by atoms with Crippen LogP contribution in [-0.4, -0.2) is 44.3 Å². The van der Waals surface area contributed by atoms with Crippen LogP contribution in [-0.2, 0) is 26.2 Å². The number of halogens is 2. The summed E-state index contributed by atoms with van der Waals surface area (Å²) in [7, 11) is -4.16. The van der Waals surface area contributed by atoms with E-state index in [2.05, 4.69) is 21.2 Å². The highest BCUT2D eigenvalue weighted by Gasteiger charge is 2.33. The van der Waals surface area contributed by atoms with Crippen LogP contribution in [0.25, 0.3) is 0 Å². The van der Waals surface area contributed by atoms with E-state index >= 15 is 0 Å². The molecule has 3 aromatic rings. The lowest BCUT2D eigenvalue weighted by Crippen LogP contribution is -2.51. The maximum atomic E-state index is 13.9. The number of amides is 2. The number of aryl methyl sites for hydroxylation is 1. The molecule has 0 saturated carbocycles. The molecule has 1 N–H and O–H groups in total. The molecule has 0 saturated heterocycles. The summed E-state index contributed by atoms with van der Waals surface area (Å²) in [6, 6.07) is 17.9.